The standard InChI is InChI=1S/C58H44O4S6/c1-31-5-13-35(14-6-31)57(36-15-7-32(2)8-16-36)39-29-45(41-21-23-43(63-41)55-59-25-26-60-55)65-49(39)51-47(57)53-54(67-51)48-52(68-53)50-40(30-46(66-50)42-22-24-44(64-42)56-61-27-28-62-56)58(48,37-17-9-33(3)10-18-37)38-19-11-34(4)12-20-38/h5-24,29-30,55-56H,25-28H2,1-4H3. The smallest absolute Gasteiger partial charge is 0.193 e. The molecule has 10 heteroatoms. The molecule has 0 atom stereocenters. The first-order valence-corrected chi connectivity index (χ1v) is 28.0. The van der Waals surface area contributed by atoms with E-state index in [1.165, 1.54) is 115 Å². The lowest BCUT2D eigenvalue weighted by molar-refractivity contribution is -0.0415. The van der Waals surface area contributed by atoms with Crippen LogP contribution in [0.4, 0.5) is 0 Å². The van der Waals surface area contributed by atoms with E-state index in [1.54, 1.807) is 22.7 Å². The Balaban J connectivity index is 1.07. The molecular weight excluding hydrogens is 953 g/mol. The van der Waals surface area contributed by atoms with Crippen LogP contribution < -0.4 is 0 Å². The Morgan fingerprint density at radius 3 is 1.00 bits per heavy atom. The highest BCUT2D eigenvalue weighted by molar-refractivity contribution is 7.35. The van der Waals surface area contributed by atoms with Crippen molar-refractivity contribution in [3.8, 4) is 39.0 Å². The minimum Gasteiger partial charge on any atom is -0.345 e. The topological polar surface area (TPSA) is 36.9 Å². The van der Waals surface area contributed by atoms with Gasteiger partial charge in [-0.15, -0.1) is 68.0 Å². The van der Waals surface area contributed by atoms with E-state index in [0.717, 1.165) is 9.75 Å². The maximum absolute atomic E-state index is 5.97. The number of rotatable bonds is 8. The third-order valence-electron chi connectivity index (χ3n) is 14.3. The van der Waals surface area contributed by atoms with Crippen LogP contribution in [0.5, 0.6) is 0 Å². The first kappa shape index (κ1) is 42.1. The van der Waals surface area contributed by atoms with Crippen molar-refractivity contribution < 1.29 is 18.9 Å². The molecule has 2 fully saturated rings. The monoisotopic (exact) mass is 996 g/mol. The van der Waals surface area contributed by atoms with E-state index >= 15 is 0 Å². The van der Waals surface area contributed by atoms with E-state index in [1.807, 2.05) is 45.3 Å². The van der Waals surface area contributed by atoms with Gasteiger partial charge in [0.1, 0.15) is 0 Å². The summed E-state index contributed by atoms with van der Waals surface area (Å²) in [6.07, 6.45) is -0.578. The first-order chi connectivity index (χ1) is 33.3. The Morgan fingerprint density at radius 2 is 0.676 bits per heavy atom. The number of benzene rings is 4. The second-order valence-electron chi connectivity index (χ2n) is 18.5. The molecule has 336 valence electrons. The van der Waals surface area contributed by atoms with Gasteiger partial charge in [-0.2, -0.15) is 0 Å². The molecule has 2 saturated heterocycles. The zero-order valence-electron chi connectivity index (χ0n) is 37.8. The Labute approximate surface area is 419 Å². The number of fused-ring (bicyclic) bond motifs is 9. The average molecular weight is 997 g/mol. The lowest BCUT2D eigenvalue weighted by atomic mass is 9.67. The second kappa shape index (κ2) is 15.8. The predicted octanol–water partition coefficient (Wildman–Crippen LogP) is 16.6. The van der Waals surface area contributed by atoms with Gasteiger partial charge in [0.2, 0.25) is 0 Å². The van der Waals surface area contributed by atoms with E-state index in [-0.39, 0.29) is 12.6 Å². The second-order valence-corrected chi connectivity index (χ2v) is 24.9. The molecule has 0 radical (unpaired) electrons. The molecule has 4 aliphatic rings. The molecule has 0 saturated carbocycles. The molecule has 0 bridgehead atoms. The van der Waals surface area contributed by atoms with Crippen LogP contribution in [-0.2, 0) is 29.8 Å². The molecule has 0 amide bonds. The minimum atomic E-state index is -0.549. The van der Waals surface area contributed by atoms with Crippen molar-refractivity contribution in [3.63, 3.8) is 0 Å². The van der Waals surface area contributed by atoms with Gasteiger partial charge in [-0.3, -0.25) is 0 Å². The molecule has 0 unspecified atom stereocenters. The van der Waals surface area contributed by atoms with Crippen LogP contribution >= 0.6 is 68.0 Å². The first-order valence-electron chi connectivity index (χ1n) is 23.1. The van der Waals surface area contributed by atoms with Crippen LogP contribution in [-0.4, -0.2) is 26.4 Å². The van der Waals surface area contributed by atoms with Crippen LogP contribution in [0.2, 0.25) is 0 Å². The van der Waals surface area contributed by atoms with Crippen LogP contribution in [0.15, 0.2) is 133 Å². The number of ether oxygens (including phenoxy) is 4. The Morgan fingerprint density at radius 1 is 0.353 bits per heavy atom. The summed E-state index contributed by atoms with van der Waals surface area (Å²) in [5, 5.41) is 0. The number of hydrogen-bond donors (Lipinski definition) is 0. The van der Waals surface area contributed by atoms with Gasteiger partial charge in [0.25, 0.3) is 0 Å². The molecule has 8 heterocycles. The zero-order chi connectivity index (χ0) is 45.5. The van der Waals surface area contributed by atoms with Crippen molar-refractivity contribution in [1.82, 2.24) is 0 Å². The summed E-state index contributed by atoms with van der Waals surface area (Å²) in [7, 11) is 0. The Bertz CT molecular complexity index is 3230. The van der Waals surface area contributed by atoms with Gasteiger partial charge in [0.05, 0.1) is 75.9 Å². The van der Waals surface area contributed by atoms with Crippen molar-refractivity contribution in [2.75, 3.05) is 26.4 Å². The molecule has 4 aromatic carbocycles. The van der Waals surface area contributed by atoms with Gasteiger partial charge < -0.3 is 18.9 Å². The third kappa shape index (κ3) is 6.06. The van der Waals surface area contributed by atoms with Gasteiger partial charge in [0.15, 0.2) is 12.6 Å². The fourth-order valence-electron chi connectivity index (χ4n) is 11.1. The summed E-state index contributed by atoms with van der Waals surface area (Å²) >= 11 is 11.5. The van der Waals surface area contributed by atoms with Crippen LogP contribution in [0, 0.1) is 27.7 Å². The molecule has 4 nitrogen and oxygen atoms in total. The molecule has 0 spiro atoms. The average Bonchev–Trinajstić information content (AvgIpc) is 4.19. The summed E-state index contributed by atoms with van der Waals surface area (Å²) in [5.41, 5.74) is 14.7. The summed E-state index contributed by atoms with van der Waals surface area (Å²) in [6, 6.07) is 51.6. The molecule has 2 aliphatic carbocycles. The third-order valence-corrected chi connectivity index (χ3v) is 22.1. The highest BCUT2D eigenvalue weighted by Gasteiger charge is 2.55. The highest BCUT2D eigenvalue weighted by Crippen LogP contribution is 2.70. The van der Waals surface area contributed by atoms with Crippen LogP contribution in [0.1, 0.15) is 89.1 Å². The fraction of sp³-hybridized carbons (Fsp3) is 0.207. The molecule has 10 aromatic rings. The summed E-state index contributed by atoms with van der Waals surface area (Å²) in [6.45, 7) is 11.3. The Kier molecular flexibility index (Phi) is 9.81. The van der Waals surface area contributed by atoms with E-state index in [9.17, 15) is 0 Å². The van der Waals surface area contributed by atoms with Gasteiger partial charge in [-0.25, -0.2) is 0 Å². The predicted molar refractivity (Wildman–Crippen MR) is 285 cm³/mol. The molecule has 68 heavy (non-hydrogen) atoms. The maximum atomic E-state index is 5.97. The van der Waals surface area contributed by atoms with Crippen molar-refractivity contribution in [3.05, 3.63) is 210 Å². The van der Waals surface area contributed by atoms with Crippen molar-refractivity contribution in [2.45, 2.75) is 51.1 Å². The van der Waals surface area contributed by atoms with Crippen LogP contribution in [0.25, 0.3) is 48.4 Å². The van der Waals surface area contributed by atoms with E-state index in [2.05, 4.69) is 161 Å². The van der Waals surface area contributed by atoms with E-state index in [0.29, 0.717) is 26.4 Å². The van der Waals surface area contributed by atoms with Crippen molar-refractivity contribution >= 4 is 77.4 Å². The molecule has 0 N–H and O–H groups in total. The van der Waals surface area contributed by atoms with E-state index in [4.69, 9.17) is 18.9 Å². The summed E-state index contributed by atoms with van der Waals surface area (Å²) in [5.74, 6) is 0. The molecule has 2 aliphatic heterocycles. The molecular formula is C58H44O4S6. The lowest BCUT2D eigenvalue weighted by Crippen LogP contribution is -2.28. The molecule has 14 rings (SSSR count). The van der Waals surface area contributed by atoms with Gasteiger partial charge in [-0.1, -0.05) is 119 Å². The van der Waals surface area contributed by atoms with Crippen molar-refractivity contribution in [1.29, 1.82) is 0 Å². The number of hydrogen-bond acceptors (Lipinski definition) is 10. The zero-order valence-corrected chi connectivity index (χ0v) is 42.7. The van der Waals surface area contributed by atoms with E-state index < -0.39 is 10.8 Å². The summed E-state index contributed by atoms with van der Waals surface area (Å²) < 4.78 is 26.7. The summed E-state index contributed by atoms with van der Waals surface area (Å²) in [4.78, 5) is 12.8. The van der Waals surface area contributed by atoms with Gasteiger partial charge >= 0.3 is 0 Å². The fourth-order valence-corrected chi connectivity index (χ4v) is 19.2. The minimum absolute atomic E-state index is 0.289. The van der Waals surface area contributed by atoms with Crippen molar-refractivity contribution in [2.24, 2.45) is 0 Å². The van der Waals surface area contributed by atoms with Gasteiger partial charge in [0, 0.05) is 30.6 Å². The van der Waals surface area contributed by atoms with Gasteiger partial charge in [-0.05, 0) is 97.5 Å². The molecule has 6 aromatic heterocycles. The Hall–Kier alpha value is -4.82. The highest BCUT2D eigenvalue weighted by atomic mass is 32.1. The lowest BCUT2D eigenvalue weighted by Gasteiger charge is -2.34. The normalized spacial score (nSPS) is 17.1. The number of thiophene rings is 6. The quantitative estimate of drug-likeness (QED) is 0.152. The maximum Gasteiger partial charge on any atom is 0.193 e. The SMILES string of the molecule is Cc1ccc(C2(c3ccc(C)cc3)c3cc(-c4ccc(C5OCCO5)s4)sc3-c3sc4c5c(sc4c32)-c2sc(-c3ccc(C4OCCO4)s3)cc2C5(c2ccc(C)cc2)c2ccc(C)cc2)cc1. The largest absolute Gasteiger partial charge is 0.345 e. The number of aryl methyl sites for hydroxylation is 4. The van der Waals surface area contributed by atoms with Crippen LogP contribution in [0.3, 0.4) is 0 Å².